The van der Waals surface area contributed by atoms with E-state index in [1.165, 1.54) is 24.0 Å². The molecule has 0 radical (unpaired) electrons. The number of fused-ring (bicyclic) bond motifs is 1. The summed E-state index contributed by atoms with van der Waals surface area (Å²) >= 11 is 0. The van der Waals surface area contributed by atoms with E-state index in [4.69, 9.17) is 5.26 Å². The molecule has 1 N–H and O–H groups in total. The summed E-state index contributed by atoms with van der Waals surface area (Å²) in [7, 11) is 0. The molecule has 2 heteroatoms. The first-order chi connectivity index (χ1) is 7.97. The predicted molar refractivity (Wildman–Crippen MR) is 69.6 cm³/mol. The first-order valence-corrected chi connectivity index (χ1v) is 6.67. The van der Waals surface area contributed by atoms with Crippen molar-refractivity contribution >= 4 is 0 Å². The molecule has 0 bridgehead atoms. The van der Waals surface area contributed by atoms with Gasteiger partial charge in [-0.2, -0.15) is 0 Å². The second-order valence-corrected chi connectivity index (χ2v) is 6.15. The highest BCUT2D eigenvalue weighted by Crippen LogP contribution is 2.48. The Morgan fingerprint density at radius 3 is 2.76 bits per heavy atom. The molecule has 0 aliphatic heterocycles. The summed E-state index contributed by atoms with van der Waals surface area (Å²) in [6.07, 6.45) is 6.67. The van der Waals surface area contributed by atoms with Crippen LogP contribution in [0.2, 0.25) is 0 Å². The molecule has 96 valence electrons. The lowest BCUT2D eigenvalue weighted by Gasteiger charge is -2.43. The van der Waals surface area contributed by atoms with Gasteiger partial charge < -0.3 is 0 Å². The minimum atomic E-state index is -0.489. The summed E-state index contributed by atoms with van der Waals surface area (Å²) < 4.78 is 0. The summed E-state index contributed by atoms with van der Waals surface area (Å²) in [5.41, 5.74) is 2.21. The highest BCUT2D eigenvalue weighted by atomic mass is 17.1. The third kappa shape index (κ3) is 2.34. The van der Waals surface area contributed by atoms with Crippen molar-refractivity contribution in [1.82, 2.24) is 0 Å². The molecule has 0 amide bonds. The molecule has 2 nitrogen and oxygen atoms in total. The molecule has 2 aliphatic carbocycles. The number of hydrogen-bond donors (Lipinski definition) is 1. The van der Waals surface area contributed by atoms with Gasteiger partial charge in [0.15, 0.2) is 0 Å². The van der Waals surface area contributed by atoms with Crippen LogP contribution in [0.25, 0.3) is 0 Å². The van der Waals surface area contributed by atoms with E-state index >= 15 is 0 Å². The quantitative estimate of drug-likeness (QED) is 0.442. The molecule has 0 spiro atoms. The third-order valence-electron chi connectivity index (χ3n) is 4.66. The fraction of sp³-hybridized carbons (Fsp3) is 0.733. The fourth-order valence-electron chi connectivity index (χ4n) is 3.51. The predicted octanol–water partition coefficient (Wildman–Crippen LogP) is 4.19. The van der Waals surface area contributed by atoms with Crippen molar-refractivity contribution in [1.29, 1.82) is 0 Å². The standard InChI is InChI=1S/C15H24O2/c1-10(2)12-6-5-11(3)13-7-8-15(4,17-16)9-14(12)13/h9,11-13,16H,1,5-8H2,2-4H3/t11-,12?,13+,15-/m1/s1. The normalized spacial score (nSPS) is 41.6. The van der Waals surface area contributed by atoms with Crippen molar-refractivity contribution in [2.75, 3.05) is 0 Å². The Bertz CT molecular complexity index is 345. The van der Waals surface area contributed by atoms with Gasteiger partial charge >= 0.3 is 0 Å². The van der Waals surface area contributed by atoms with E-state index in [0.717, 1.165) is 18.8 Å². The summed E-state index contributed by atoms with van der Waals surface area (Å²) in [5, 5.41) is 9.06. The molecule has 2 aliphatic rings. The summed E-state index contributed by atoms with van der Waals surface area (Å²) in [4.78, 5) is 4.68. The molecule has 1 unspecified atom stereocenters. The Morgan fingerprint density at radius 2 is 2.18 bits per heavy atom. The van der Waals surface area contributed by atoms with Gasteiger partial charge in [0.2, 0.25) is 0 Å². The maximum atomic E-state index is 9.06. The molecular formula is C15H24O2. The van der Waals surface area contributed by atoms with Crippen LogP contribution in [0.1, 0.15) is 46.5 Å². The van der Waals surface area contributed by atoms with Crippen LogP contribution in [0.4, 0.5) is 0 Å². The van der Waals surface area contributed by atoms with E-state index in [1.54, 1.807) is 0 Å². The van der Waals surface area contributed by atoms with E-state index in [2.05, 4.69) is 31.4 Å². The highest BCUT2D eigenvalue weighted by Gasteiger charge is 2.39. The molecule has 4 atom stereocenters. The molecule has 0 heterocycles. The lowest BCUT2D eigenvalue weighted by molar-refractivity contribution is -0.306. The Hall–Kier alpha value is -0.600. The van der Waals surface area contributed by atoms with Crippen LogP contribution in [-0.4, -0.2) is 10.9 Å². The maximum absolute atomic E-state index is 9.06. The number of hydrogen-bond acceptors (Lipinski definition) is 2. The molecule has 0 aromatic carbocycles. The van der Waals surface area contributed by atoms with E-state index in [1.807, 2.05) is 6.92 Å². The zero-order valence-electron chi connectivity index (χ0n) is 11.2. The first kappa shape index (κ1) is 12.8. The fourth-order valence-corrected chi connectivity index (χ4v) is 3.51. The smallest absolute Gasteiger partial charge is 0.119 e. The molecule has 0 saturated heterocycles. The third-order valence-corrected chi connectivity index (χ3v) is 4.66. The highest BCUT2D eigenvalue weighted by molar-refractivity contribution is 5.28. The van der Waals surface area contributed by atoms with E-state index in [9.17, 15) is 0 Å². The Balaban J connectivity index is 2.34. The van der Waals surface area contributed by atoms with Crippen LogP contribution in [0.5, 0.6) is 0 Å². The molecule has 0 aromatic rings. The Morgan fingerprint density at radius 1 is 1.47 bits per heavy atom. The SMILES string of the molecule is C=C(C)C1CC[C@@H](C)[C@@H]2CC[C@@](C)(OO)C=C12. The molecular weight excluding hydrogens is 212 g/mol. The van der Waals surface area contributed by atoms with E-state index < -0.39 is 5.60 Å². The van der Waals surface area contributed by atoms with Gasteiger partial charge in [0, 0.05) is 5.92 Å². The number of rotatable bonds is 2. The molecule has 17 heavy (non-hydrogen) atoms. The van der Waals surface area contributed by atoms with Crippen LogP contribution in [0, 0.1) is 17.8 Å². The second kappa shape index (κ2) is 4.58. The second-order valence-electron chi connectivity index (χ2n) is 6.15. The first-order valence-electron chi connectivity index (χ1n) is 6.67. The average molecular weight is 236 g/mol. The van der Waals surface area contributed by atoms with Crippen LogP contribution in [0.15, 0.2) is 23.8 Å². The number of allylic oxidation sites excluding steroid dienone is 2. The van der Waals surface area contributed by atoms with E-state index in [-0.39, 0.29) is 0 Å². The van der Waals surface area contributed by atoms with Crippen LogP contribution in [0.3, 0.4) is 0 Å². The van der Waals surface area contributed by atoms with Gasteiger partial charge in [0.05, 0.1) is 0 Å². The lowest BCUT2D eigenvalue weighted by atomic mass is 9.63. The van der Waals surface area contributed by atoms with Gasteiger partial charge in [-0.15, -0.1) is 0 Å². The van der Waals surface area contributed by atoms with Gasteiger partial charge in [0.25, 0.3) is 0 Å². The average Bonchev–Trinajstić information content (AvgIpc) is 2.29. The Kier molecular flexibility index (Phi) is 3.46. The minimum absolute atomic E-state index is 0.489. The Labute approximate surface area is 104 Å². The topological polar surface area (TPSA) is 29.5 Å². The van der Waals surface area contributed by atoms with E-state index in [0.29, 0.717) is 11.8 Å². The lowest BCUT2D eigenvalue weighted by Crippen LogP contribution is -2.37. The summed E-state index contributed by atoms with van der Waals surface area (Å²) in [6.45, 7) is 10.5. The van der Waals surface area contributed by atoms with Gasteiger partial charge in [-0.25, -0.2) is 4.89 Å². The molecule has 0 aromatic heterocycles. The van der Waals surface area contributed by atoms with Crippen LogP contribution >= 0.6 is 0 Å². The molecule has 1 saturated carbocycles. The van der Waals surface area contributed by atoms with Gasteiger partial charge in [0.1, 0.15) is 5.60 Å². The minimum Gasteiger partial charge on any atom is -0.251 e. The van der Waals surface area contributed by atoms with Gasteiger partial charge in [-0.3, -0.25) is 5.26 Å². The summed E-state index contributed by atoms with van der Waals surface area (Å²) in [6, 6.07) is 0. The van der Waals surface area contributed by atoms with Crippen molar-refractivity contribution in [3.63, 3.8) is 0 Å². The van der Waals surface area contributed by atoms with Crippen molar-refractivity contribution in [3.05, 3.63) is 23.8 Å². The summed E-state index contributed by atoms with van der Waals surface area (Å²) in [5.74, 6) is 1.90. The molecule has 2 rings (SSSR count). The van der Waals surface area contributed by atoms with Crippen molar-refractivity contribution in [2.45, 2.75) is 52.1 Å². The van der Waals surface area contributed by atoms with Crippen molar-refractivity contribution < 1.29 is 10.1 Å². The monoisotopic (exact) mass is 236 g/mol. The zero-order valence-corrected chi connectivity index (χ0v) is 11.2. The van der Waals surface area contributed by atoms with Crippen molar-refractivity contribution in [3.8, 4) is 0 Å². The largest absolute Gasteiger partial charge is 0.251 e. The van der Waals surface area contributed by atoms with Crippen molar-refractivity contribution in [2.24, 2.45) is 17.8 Å². The van der Waals surface area contributed by atoms with Crippen LogP contribution < -0.4 is 0 Å². The van der Waals surface area contributed by atoms with Gasteiger partial charge in [-0.1, -0.05) is 24.6 Å². The van der Waals surface area contributed by atoms with Gasteiger partial charge in [-0.05, 0) is 57.4 Å². The zero-order chi connectivity index (χ0) is 12.6. The maximum Gasteiger partial charge on any atom is 0.119 e. The van der Waals surface area contributed by atoms with Crippen LogP contribution in [-0.2, 0) is 4.89 Å². The molecule has 1 fully saturated rings.